The number of aliphatic imine (C=N–C) groups is 1. The summed E-state index contributed by atoms with van der Waals surface area (Å²) >= 11 is 0. The van der Waals surface area contributed by atoms with Gasteiger partial charge in [-0.05, 0) is 38.0 Å². The highest BCUT2D eigenvalue weighted by atomic mass is 127. The monoisotopic (exact) mass is 543 g/mol. The van der Waals surface area contributed by atoms with Gasteiger partial charge in [0, 0.05) is 31.7 Å². The maximum atomic E-state index is 12.8. The fourth-order valence-electron chi connectivity index (χ4n) is 3.71. The minimum atomic E-state index is -4.43. The summed E-state index contributed by atoms with van der Waals surface area (Å²) in [6.07, 6.45) is -3.25. The molecule has 0 aliphatic carbocycles. The largest absolute Gasteiger partial charge is 0.491 e. The van der Waals surface area contributed by atoms with E-state index in [0.717, 1.165) is 57.2 Å². The van der Waals surface area contributed by atoms with Crippen LogP contribution in [0.3, 0.4) is 0 Å². The maximum Gasteiger partial charge on any atom is 0.416 e. The Bertz CT molecular complexity index is 712. The van der Waals surface area contributed by atoms with Crippen LogP contribution in [0, 0.1) is 5.41 Å². The summed E-state index contributed by atoms with van der Waals surface area (Å²) in [7, 11) is 0. The average Bonchev–Trinajstić information content (AvgIpc) is 3.33. The Labute approximate surface area is 191 Å². The molecule has 2 unspecified atom stereocenters. The van der Waals surface area contributed by atoms with Crippen LogP contribution in [0.4, 0.5) is 13.2 Å². The van der Waals surface area contributed by atoms with Crippen LogP contribution in [0.2, 0.25) is 0 Å². The van der Waals surface area contributed by atoms with E-state index < -0.39 is 17.8 Å². The van der Waals surface area contributed by atoms with Gasteiger partial charge in [0.25, 0.3) is 0 Å². The summed E-state index contributed by atoms with van der Waals surface area (Å²) in [5.74, 6) is 0.798. The van der Waals surface area contributed by atoms with Crippen LogP contribution in [0.25, 0.3) is 0 Å². The SMILES string of the molecule is CCNC(=NCC(O)COc1cccc(C(F)(F)F)c1)N1CCC2(CCOC2)C1.I. The highest BCUT2D eigenvalue weighted by Crippen LogP contribution is 2.38. The first-order valence-corrected chi connectivity index (χ1v) is 9.90. The smallest absolute Gasteiger partial charge is 0.416 e. The molecule has 0 radical (unpaired) electrons. The van der Waals surface area contributed by atoms with Crippen molar-refractivity contribution in [3.63, 3.8) is 0 Å². The topological polar surface area (TPSA) is 66.3 Å². The highest BCUT2D eigenvalue weighted by molar-refractivity contribution is 14.0. The molecule has 2 saturated heterocycles. The van der Waals surface area contributed by atoms with Gasteiger partial charge in [-0.3, -0.25) is 4.99 Å². The van der Waals surface area contributed by atoms with Crippen molar-refractivity contribution in [1.29, 1.82) is 0 Å². The predicted octanol–water partition coefficient (Wildman–Crippen LogP) is 3.14. The summed E-state index contributed by atoms with van der Waals surface area (Å²) < 4.78 is 49.2. The quantitative estimate of drug-likeness (QED) is 0.328. The Kier molecular flexibility index (Phi) is 9.04. The number of rotatable bonds is 6. The number of ether oxygens (including phenoxy) is 2. The normalized spacial score (nSPS) is 22.8. The van der Waals surface area contributed by atoms with Crippen LogP contribution < -0.4 is 10.1 Å². The van der Waals surface area contributed by atoms with Crippen molar-refractivity contribution in [2.24, 2.45) is 10.4 Å². The first kappa shape index (κ1) is 25.0. The molecule has 1 aromatic rings. The lowest BCUT2D eigenvalue weighted by atomic mass is 9.87. The second-order valence-corrected chi connectivity index (χ2v) is 7.66. The Morgan fingerprint density at radius 3 is 2.87 bits per heavy atom. The number of nitrogens with zero attached hydrogens (tertiary/aromatic N) is 2. The molecular formula is C20H29F3IN3O3. The summed E-state index contributed by atoms with van der Waals surface area (Å²) in [6, 6.07) is 4.62. The van der Waals surface area contributed by atoms with Crippen LogP contribution in [0.1, 0.15) is 25.3 Å². The second-order valence-electron chi connectivity index (χ2n) is 7.66. The number of hydrogen-bond donors (Lipinski definition) is 2. The number of aliphatic hydroxyl groups is 1. The zero-order valence-electron chi connectivity index (χ0n) is 17.0. The molecule has 10 heteroatoms. The van der Waals surface area contributed by atoms with Crippen LogP contribution in [0.15, 0.2) is 29.3 Å². The second kappa shape index (κ2) is 10.9. The van der Waals surface area contributed by atoms with Crippen molar-refractivity contribution >= 4 is 29.9 Å². The molecule has 2 heterocycles. The molecule has 1 aromatic carbocycles. The third-order valence-corrected chi connectivity index (χ3v) is 5.31. The molecule has 0 amide bonds. The van der Waals surface area contributed by atoms with Gasteiger partial charge in [-0.15, -0.1) is 24.0 Å². The Morgan fingerprint density at radius 2 is 2.20 bits per heavy atom. The van der Waals surface area contributed by atoms with E-state index in [1.165, 1.54) is 12.1 Å². The van der Waals surface area contributed by atoms with Crippen LogP contribution >= 0.6 is 24.0 Å². The zero-order valence-corrected chi connectivity index (χ0v) is 19.3. The molecule has 1 spiro atoms. The highest BCUT2D eigenvalue weighted by Gasteiger charge is 2.42. The van der Waals surface area contributed by atoms with E-state index in [0.29, 0.717) is 6.54 Å². The van der Waals surface area contributed by atoms with E-state index in [-0.39, 0.29) is 48.3 Å². The van der Waals surface area contributed by atoms with Gasteiger partial charge in [-0.1, -0.05) is 6.07 Å². The van der Waals surface area contributed by atoms with Crippen molar-refractivity contribution in [2.45, 2.75) is 32.0 Å². The van der Waals surface area contributed by atoms with Gasteiger partial charge in [-0.25, -0.2) is 0 Å². The van der Waals surface area contributed by atoms with Crippen LogP contribution in [-0.2, 0) is 10.9 Å². The molecule has 3 rings (SSSR count). The summed E-state index contributed by atoms with van der Waals surface area (Å²) in [5.41, 5.74) is -0.586. The summed E-state index contributed by atoms with van der Waals surface area (Å²) in [6.45, 7) is 5.97. The van der Waals surface area contributed by atoms with E-state index in [4.69, 9.17) is 9.47 Å². The number of aliphatic hydroxyl groups excluding tert-OH is 1. The number of benzene rings is 1. The van der Waals surface area contributed by atoms with Gasteiger partial charge in [0.05, 0.1) is 18.7 Å². The van der Waals surface area contributed by atoms with Crippen molar-refractivity contribution in [1.82, 2.24) is 10.2 Å². The standard InChI is InChI=1S/C20H28F3N3O3.HI/c1-2-24-18(26-8-6-19(13-26)7-9-28-14-19)25-11-16(27)12-29-17-5-3-4-15(10-17)20(21,22)23;/h3-5,10,16,27H,2,6-9,11-14H2,1H3,(H,24,25);1H. The Balaban J connectivity index is 0.00000320. The van der Waals surface area contributed by atoms with E-state index in [1.54, 1.807) is 0 Å². The molecule has 170 valence electrons. The minimum Gasteiger partial charge on any atom is -0.491 e. The minimum absolute atomic E-state index is 0. The van der Waals surface area contributed by atoms with Gasteiger partial charge in [-0.2, -0.15) is 13.2 Å². The van der Waals surface area contributed by atoms with Gasteiger partial charge < -0.3 is 24.8 Å². The molecule has 0 saturated carbocycles. The molecule has 30 heavy (non-hydrogen) atoms. The third kappa shape index (κ3) is 6.61. The van der Waals surface area contributed by atoms with E-state index in [9.17, 15) is 18.3 Å². The predicted molar refractivity (Wildman–Crippen MR) is 118 cm³/mol. The van der Waals surface area contributed by atoms with Crippen molar-refractivity contribution in [3.8, 4) is 5.75 Å². The van der Waals surface area contributed by atoms with E-state index >= 15 is 0 Å². The number of guanidine groups is 1. The molecule has 2 N–H and O–H groups in total. The fourth-order valence-corrected chi connectivity index (χ4v) is 3.71. The number of halogens is 4. The first-order chi connectivity index (χ1) is 13.8. The Morgan fingerprint density at radius 1 is 1.40 bits per heavy atom. The van der Waals surface area contributed by atoms with Crippen LogP contribution in [0.5, 0.6) is 5.75 Å². The maximum absolute atomic E-state index is 12.8. The number of alkyl halides is 3. The zero-order chi connectivity index (χ0) is 20.9. The van der Waals surface area contributed by atoms with Gasteiger partial charge in [0.2, 0.25) is 0 Å². The van der Waals surface area contributed by atoms with Crippen molar-refractivity contribution in [3.05, 3.63) is 29.8 Å². The van der Waals surface area contributed by atoms with Gasteiger partial charge in [0.15, 0.2) is 5.96 Å². The lowest BCUT2D eigenvalue weighted by Gasteiger charge is -2.25. The van der Waals surface area contributed by atoms with E-state index in [2.05, 4.69) is 15.2 Å². The first-order valence-electron chi connectivity index (χ1n) is 9.90. The molecular weight excluding hydrogens is 514 g/mol. The van der Waals surface area contributed by atoms with Gasteiger partial charge in [0.1, 0.15) is 18.5 Å². The summed E-state index contributed by atoms with van der Waals surface area (Å²) in [4.78, 5) is 6.68. The fraction of sp³-hybridized carbons (Fsp3) is 0.650. The molecule has 0 aromatic heterocycles. The van der Waals surface area contributed by atoms with Crippen molar-refractivity contribution < 1.29 is 27.8 Å². The molecule has 6 nitrogen and oxygen atoms in total. The molecule has 0 bridgehead atoms. The van der Waals surface area contributed by atoms with Crippen molar-refractivity contribution in [2.75, 3.05) is 46.0 Å². The summed E-state index contributed by atoms with van der Waals surface area (Å²) in [5, 5.41) is 13.4. The lowest BCUT2D eigenvalue weighted by molar-refractivity contribution is -0.137. The average molecular weight is 543 g/mol. The third-order valence-electron chi connectivity index (χ3n) is 5.31. The lowest BCUT2D eigenvalue weighted by Crippen LogP contribution is -2.42. The molecule has 2 aliphatic heterocycles. The van der Waals surface area contributed by atoms with E-state index in [1.807, 2.05) is 6.92 Å². The number of nitrogens with one attached hydrogen (secondary N) is 1. The molecule has 2 atom stereocenters. The van der Waals surface area contributed by atoms with Crippen LogP contribution in [-0.4, -0.2) is 68.1 Å². The number of hydrogen-bond acceptors (Lipinski definition) is 4. The molecule has 2 aliphatic rings. The molecule has 2 fully saturated rings. The number of likely N-dealkylation sites (tertiary alicyclic amines) is 1. The Hall–Kier alpha value is -1.27. The van der Waals surface area contributed by atoms with Gasteiger partial charge >= 0.3 is 6.18 Å².